The molecule has 35 heavy (non-hydrogen) atoms. The Labute approximate surface area is 221 Å². The molecule has 3 aromatic rings. The minimum Gasteiger partial charge on any atom is -0.454 e. The first-order chi connectivity index (χ1) is 16.7. The van der Waals surface area contributed by atoms with Crippen LogP contribution in [0.4, 0.5) is 5.69 Å². The van der Waals surface area contributed by atoms with Crippen molar-refractivity contribution < 1.29 is 19.1 Å². The van der Waals surface area contributed by atoms with E-state index in [2.05, 4.69) is 43.4 Å². The van der Waals surface area contributed by atoms with Gasteiger partial charge < -0.3 is 24.7 Å². The van der Waals surface area contributed by atoms with Gasteiger partial charge in [-0.05, 0) is 77.4 Å². The van der Waals surface area contributed by atoms with E-state index in [4.69, 9.17) is 9.47 Å². The highest BCUT2D eigenvalue weighted by atomic mass is 127. The third-order valence-corrected chi connectivity index (χ3v) is 7.22. The zero-order valence-corrected chi connectivity index (χ0v) is 22.8. The number of carbonyl (C=O) groups is 2. The van der Waals surface area contributed by atoms with E-state index in [1.54, 1.807) is 18.2 Å². The van der Waals surface area contributed by atoms with E-state index in [1.165, 1.54) is 11.8 Å². The Hall–Kier alpha value is -2.80. The number of nitrogens with one attached hydrogen (secondary N) is 2. The van der Waals surface area contributed by atoms with Crippen LogP contribution < -0.4 is 20.1 Å². The second-order valence-corrected chi connectivity index (χ2v) is 10.6. The van der Waals surface area contributed by atoms with Crippen LogP contribution in [0, 0.1) is 16.4 Å². The molecule has 2 aromatic carbocycles. The summed E-state index contributed by atoms with van der Waals surface area (Å²) in [6, 6.07) is 10.6. The monoisotopic (exact) mass is 607 g/mol. The lowest BCUT2D eigenvalue weighted by Gasteiger charge is -2.21. The van der Waals surface area contributed by atoms with Gasteiger partial charge in [0.15, 0.2) is 22.5 Å². The van der Waals surface area contributed by atoms with E-state index >= 15 is 0 Å². The zero-order valence-electron chi connectivity index (χ0n) is 19.8. The number of carbonyl (C=O) groups excluding carboxylic acids is 2. The van der Waals surface area contributed by atoms with Crippen LogP contribution in [0.25, 0.3) is 0 Å². The number of rotatable bonds is 8. The summed E-state index contributed by atoms with van der Waals surface area (Å²) in [6.07, 6.45) is 0. The molecule has 1 atom stereocenters. The number of aromatic nitrogens is 3. The van der Waals surface area contributed by atoms with Crippen molar-refractivity contribution in [3.05, 3.63) is 56.9 Å². The predicted molar refractivity (Wildman–Crippen MR) is 142 cm³/mol. The predicted octanol–water partition coefficient (Wildman–Crippen LogP) is 4.31. The number of halogens is 1. The molecule has 0 spiro atoms. The van der Waals surface area contributed by atoms with Crippen LogP contribution in [0.1, 0.15) is 41.6 Å². The van der Waals surface area contributed by atoms with E-state index < -0.39 is 0 Å². The van der Waals surface area contributed by atoms with Gasteiger partial charge in [0.1, 0.15) is 0 Å². The van der Waals surface area contributed by atoms with Gasteiger partial charge in [-0.1, -0.05) is 25.6 Å². The lowest BCUT2D eigenvalue weighted by Crippen LogP contribution is -2.33. The molecule has 2 heterocycles. The van der Waals surface area contributed by atoms with Crippen LogP contribution in [0.2, 0.25) is 0 Å². The number of thioether (sulfide) groups is 1. The van der Waals surface area contributed by atoms with E-state index in [0.717, 1.165) is 14.8 Å². The van der Waals surface area contributed by atoms with Gasteiger partial charge in [-0.3, -0.25) is 9.59 Å². The molecule has 2 N–H and O–H groups in total. The summed E-state index contributed by atoms with van der Waals surface area (Å²) < 4.78 is 13.6. The molecular formula is C24H26IN5O4S. The van der Waals surface area contributed by atoms with Crippen LogP contribution in [-0.4, -0.2) is 39.1 Å². The lowest BCUT2D eigenvalue weighted by molar-refractivity contribution is -0.113. The van der Waals surface area contributed by atoms with Crippen molar-refractivity contribution in [2.24, 2.45) is 13.0 Å². The number of benzene rings is 2. The molecule has 11 heteroatoms. The number of nitrogens with zero attached hydrogens (tertiary/aromatic N) is 3. The van der Waals surface area contributed by atoms with Gasteiger partial charge in [0.25, 0.3) is 5.91 Å². The maximum atomic E-state index is 13.0. The molecule has 0 radical (unpaired) electrons. The minimum absolute atomic E-state index is 0.0564. The molecule has 1 aliphatic rings. The van der Waals surface area contributed by atoms with Crippen molar-refractivity contribution in [3.63, 3.8) is 0 Å². The maximum Gasteiger partial charge on any atom is 0.252 e. The molecule has 1 aliphatic heterocycles. The highest BCUT2D eigenvalue weighted by Crippen LogP contribution is 2.33. The van der Waals surface area contributed by atoms with Crippen molar-refractivity contribution in [2.45, 2.75) is 32.0 Å². The molecule has 0 saturated carbocycles. The number of hydrogen-bond donors (Lipinski definition) is 2. The fourth-order valence-electron chi connectivity index (χ4n) is 3.60. The molecule has 0 fully saturated rings. The topological polar surface area (TPSA) is 107 Å². The lowest BCUT2D eigenvalue weighted by atomic mass is 10.0. The summed E-state index contributed by atoms with van der Waals surface area (Å²) in [7, 11) is 1.83. The first kappa shape index (κ1) is 25.3. The van der Waals surface area contributed by atoms with Gasteiger partial charge >= 0.3 is 0 Å². The van der Waals surface area contributed by atoms with Gasteiger partial charge in [0.2, 0.25) is 12.7 Å². The van der Waals surface area contributed by atoms with Crippen LogP contribution in [-0.2, 0) is 11.8 Å². The Morgan fingerprint density at radius 1 is 1.14 bits per heavy atom. The molecule has 184 valence electrons. The largest absolute Gasteiger partial charge is 0.454 e. The smallest absolute Gasteiger partial charge is 0.252 e. The molecule has 0 bridgehead atoms. The van der Waals surface area contributed by atoms with Crippen molar-refractivity contribution in [1.29, 1.82) is 0 Å². The molecule has 1 aromatic heterocycles. The number of amides is 2. The number of hydrogen-bond acceptors (Lipinski definition) is 7. The van der Waals surface area contributed by atoms with Gasteiger partial charge in [-0.25, -0.2) is 0 Å². The maximum absolute atomic E-state index is 13.0. The highest BCUT2D eigenvalue weighted by molar-refractivity contribution is 14.1. The van der Waals surface area contributed by atoms with Crippen molar-refractivity contribution in [2.75, 3.05) is 17.9 Å². The third kappa shape index (κ3) is 5.89. The highest BCUT2D eigenvalue weighted by Gasteiger charge is 2.26. The molecule has 9 nitrogen and oxygen atoms in total. The quantitative estimate of drug-likeness (QED) is 0.290. The summed E-state index contributed by atoms with van der Waals surface area (Å²) in [4.78, 5) is 25.5. The Morgan fingerprint density at radius 2 is 1.91 bits per heavy atom. The number of aryl methyl sites for hydroxylation is 1. The molecule has 2 amide bonds. The van der Waals surface area contributed by atoms with E-state index in [0.29, 0.717) is 28.0 Å². The SMILES string of the molecule is Cc1cc(I)ccc1NC(=O)CSc1nnc(C(NC(=O)c2ccc3c(c2)OCO3)C(C)C)n1C. The summed E-state index contributed by atoms with van der Waals surface area (Å²) >= 11 is 3.54. The van der Waals surface area contributed by atoms with Crippen LogP contribution >= 0.6 is 34.4 Å². The average molecular weight is 607 g/mol. The van der Waals surface area contributed by atoms with Crippen LogP contribution in [0.5, 0.6) is 11.5 Å². The number of fused-ring (bicyclic) bond motifs is 1. The van der Waals surface area contributed by atoms with E-state index in [9.17, 15) is 9.59 Å². The first-order valence-corrected chi connectivity index (χ1v) is 13.1. The van der Waals surface area contributed by atoms with Gasteiger partial charge in [-0.2, -0.15) is 0 Å². The van der Waals surface area contributed by atoms with Gasteiger partial charge in [-0.15, -0.1) is 10.2 Å². The summed E-state index contributed by atoms with van der Waals surface area (Å²) in [5.41, 5.74) is 2.27. The second kappa shape index (κ2) is 10.9. The molecule has 0 aliphatic carbocycles. The fourth-order valence-corrected chi connectivity index (χ4v) is 4.96. The number of anilines is 1. The normalized spacial score (nSPS) is 13.1. The van der Waals surface area contributed by atoms with Gasteiger partial charge in [0, 0.05) is 21.9 Å². The van der Waals surface area contributed by atoms with Crippen molar-refractivity contribution in [3.8, 4) is 11.5 Å². The van der Waals surface area contributed by atoms with E-state index in [1.807, 2.05) is 50.6 Å². The van der Waals surface area contributed by atoms with Crippen molar-refractivity contribution >= 4 is 51.9 Å². The summed E-state index contributed by atoms with van der Waals surface area (Å²) in [5.74, 6) is 1.67. The molecule has 1 unspecified atom stereocenters. The molecule has 4 rings (SSSR count). The first-order valence-electron chi connectivity index (χ1n) is 11.0. The minimum atomic E-state index is -0.372. The van der Waals surface area contributed by atoms with Crippen LogP contribution in [0.3, 0.4) is 0 Å². The van der Waals surface area contributed by atoms with Crippen molar-refractivity contribution in [1.82, 2.24) is 20.1 Å². The standard InChI is InChI=1S/C24H26IN5O4S/c1-13(2)21(27-23(32)15-5-8-18-19(10-15)34-12-33-18)22-28-29-24(30(22)4)35-11-20(31)26-17-7-6-16(25)9-14(17)3/h5-10,13,21H,11-12H2,1-4H3,(H,26,31)(H,27,32). The fraction of sp³-hybridized carbons (Fsp3) is 0.333. The van der Waals surface area contributed by atoms with E-state index in [-0.39, 0.29) is 36.3 Å². The third-order valence-electron chi connectivity index (χ3n) is 5.53. The van der Waals surface area contributed by atoms with Crippen LogP contribution in [0.15, 0.2) is 41.6 Å². The Morgan fingerprint density at radius 3 is 2.66 bits per heavy atom. The number of ether oxygens (including phenoxy) is 2. The second-order valence-electron chi connectivity index (χ2n) is 8.46. The molecular weight excluding hydrogens is 581 g/mol. The Bertz CT molecular complexity index is 1260. The summed E-state index contributed by atoms with van der Waals surface area (Å²) in [5, 5.41) is 15.2. The average Bonchev–Trinajstić information content (AvgIpc) is 3.43. The zero-order chi connectivity index (χ0) is 25.1. The Kier molecular flexibility index (Phi) is 7.85. The molecule has 0 saturated heterocycles. The Balaban J connectivity index is 1.41. The van der Waals surface area contributed by atoms with Gasteiger partial charge in [0.05, 0.1) is 11.8 Å². The summed E-state index contributed by atoms with van der Waals surface area (Å²) in [6.45, 7) is 6.12.